The van der Waals surface area contributed by atoms with E-state index in [1.165, 1.54) is 45.6 Å². The SMILES string of the molecule is COc1cc(O)c2c(=O)c(OS(=O)[O-])c(-c3ccc(OC)c(OC)c3)oc2c1.[Na+]. The Hall–Kier alpha value is -2.24. The fourth-order valence-electron chi connectivity index (χ4n) is 2.69. The number of ether oxygens (including phenoxy) is 3. The number of fused-ring (bicyclic) bond motifs is 1. The van der Waals surface area contributed by atoms with Crippen LogP contribution in [0.4, 0.5) is 0 Å². The Kier molecular flexibility index (Phi) is 7.55. The predicted octanol–water partition coefficient (Wildman–Crippen LogP) is -0.632. The van der Waals surface area contributed by atoms with Crippen molar-refractivity contribution in [1.29, 1.82) is 0 Å². The van der Waals surface area contributed by atoms with E-state index in [1.54, 1.807) is 6.07 Å². The molecule has 1 N–H and O–H groups in total. The van der Waals surface area contributed by atoms with Crippen molar-refractivity contribution in [2.24, 2.45) is 0 Å². The fourth-order valence-corrected chi connectivity index (χ4v) is 2.97. The number of benzene rings is 2. The van der Waals surface area contributed by atoms with Gasteiger partial charge in [-0.1, -0.05) is 0 Å². The number of aromatic hydroxyl groups is 1. The van der Waals surface area contributed by atoms with Gasteiger partial charge in [0, 0.05) is 17.7 Å². The second kappa shape index (κ2) is 9.51. The standard InChI is InChI=1S/C18H16O9S.Na/c1-23-10-7-11(19)15-14(8-10)26-17(18(16(15)20)27-28(21)22)9-4-5-12(24-2)13(6-9)25-3;/h4-8,19H,1-3H3,(H,21,22);/q;+1/p-1. The van der Waals surface area contributed by atoms with Crippen molar-refractivity contribution >= 4 is 22.3 Å². The van der Waals surface area contributed by atoms with Crippen LogP contribution in [0.15, 0.2) is 39.5 Å². The summed E-state index contributed by atoms with van der Waals surface area (Å²) in [6, 6.07) is 7.17. The fraction of sp³-hybridized carbons (Fsp3) is 0.167. The molecule has 0 saturated heterocycles. The van der Waals surface area contributed by atoms with E-state index in [0.29, 0.717) is 17.1 Å². The third-order valence-electron chi connectivity index (χ3n) is 3.94. The van der Waals surface area contributed by atoms with Gasteiger partial charge in [-0.05, 0) is 18.2 Å². The molecule has 2 aromatic carbocycles. The van der Waals surface area contributed by atoms with Crippen molar-refractivity contribution in [2.45, 2.75) is 0 Å². The van der Waals surface area contributed by atoms with E-state index in [0.717, 1.165) is 0 Å². The molecule has 1 aromatic heterocycles. The first-order valence-electron chi connectivity index (χ1n) is 7.77. The normalized spacial score (nSPS) is 11.4. The molecule has 1 heterocycles. The van der Waals surface area contributed by atoms with Crippen LogP contribution in [0.5, 0.6) is 28.7 Å². The van der Waals surface area contributed by atoms with Crippen molar-refractivity contribution in [2.75, 3.05) is 21.3 Å². The van der Waals surface area contributed by atoms with Crippen LogP contribution in [-0.2, 0) is 11.4 Å². The maximum Gasteiger partial charge on any atom is 1.00 e. The second-order valence-electron chi connectivity index (χ2n) is 5.47. The van der Waals surface area contributed by atoms with E-state index < -0.39 is 28.3 Å². The second-order valence-corrected chi connectivity index (χ2v) is 6.04. The van der Waals surface area contributed by atoms with Gasteiger partial charge in [0.1, 0.15) is 33.8 Å². The van der Waals surface area contributed by atoms with Crippen LogP contribution >= 0.6 is 0 Å². The van der Waals surface area contributed by atoms with E-state index in [1.807, 2.05) is 0 Å². The monoisotopic (exact) mass is 430 g/mol. The largest absolute Gasteiger partial charge is 1.00 e. The average molecular weight is 430 g/mol. The summed E-state index contributed by atoms with van der Waals surface area (Å²) in [6.07, 6.45) is 0. The molecule has 0 amide bonds. The van der Waals surface area contributed by atoms with Gasteiger partial charge in [0.05, 0.1) is 21.3 Å². The molecule has 1 atom stereocenters. The van der Waals surface area contributed by atoms with Crippen LogP contribution in [0.3, 0.4) is 0 Å². The van der Waals surface area contributed by atoms with Gasteiger partial charge in [0.15, 0.2) is 17.3 Å². The predicted molar refractivity (Wildman–Crippen MR) is 98.8 cm³/mol. The summed E-state index contributed by atoms with van der Waals surface area (Å²) in [5, 5.41) is 9.90. The molecule has 3 aromatic rings. The Labute approximate surface area is 189 Å². The van der Waals surface area contributed by atoms with Crippen LogP contribution in [0.2, 0.25) is 0 Å². The number of methoxy groups -OCH3 is 3. The van der Waals surface area contributed by atoms with E-state index in [2.05, 4.69) is 4.18 Å². The Bertz CT molecular complexity index is 1130. The molecule has 0 radical (unpaired) electrons. The molecule has 11 heteroatoms. The molecule has 3 rings (SSSR count). The van der Waals surface area contributed by atoms with Gasteiger partial charge in [-0.15, -0.1) is 0 Å². The molecule has 0 aliphatic heterocycles. The van der Waals surface area contributed by atoms with Crippen molar-refractivity contribution in [3.05, 3.63) is 40.6 Å². The number of phenols is 1. The zero-order valence-corrected chi connectivity index (χ0v) is 18.8. The zero-order chi connectivity index (χ0) is 20.4. The van der Waals surface area contributed by atoms with Gasteiger partial charge in [0.25, 0.3) is 0 Å². The molecule has 0 bridgehead atoms. The van der Waals surface area contributed by atoms with Crippen molar-refractivity contribution in [3.63, 3.8) is 0 Å². The molecule has 0 spiro atoms. The van der Waals surface area contributed by atoms with E-state index in [4.69, 9.17) is 18.6 Å². The van der Waals surface area contributed by atoms with Crippen LogP contribution in [0, 0.1) is 0 Å². The molecular weight excluding hydrogens is 415 g/mol. The number of phenolic OH excluding ortho intramolecular Hbond substituents is 1. The van der Waals surface area contributed by atoms with E-state index in [-0.39, 0.29) is 52.0 Å². The van der Waals surface area contributed by atoms with Crippen molar-refractivity contribution in [1.82, 2.24) is 0 Å². The number of hydrogen-bond donors (Lipinski definition) is 1. The van der Waals surface area contributed by atoms with Gasteiger partial charge < -0.3 is 32.5 Å². The molecule has 148 valence electrons. The molecule has 1 unspecified atom stereocenters. The molecule has 0 aliphatic rings. The van der Waals surface area contributed by atoms with E-state index >= 15 is 0 Å². The first kappa shape index (κ1) is 23.0. The van der Waals surface area contributed by atoms with Crippen LogP contribution in [-0.4, -0.2) is 35.2 Å². The molecule has 29 heavy (non-hydrogen) atoms. The summed E-state index contributed by atoms with van der Waals surface area (Å²) < 4.78 is 48.1. The third kappa shape index (κ3) is 4.51. The van der Waals surface area contributed by atoms with Gasteiger partial charge in [0.2, 0.25) is 11.2 Å². The summed E-state index contributed by atoms with van der Waals surface area (Å²) in [7, 11) is 4.26. The van der Waals surface area contributed by atoms with Gasteiger partial charge in [-0.2, -0.15) is 0 Å². The van der Waals surface area contributed by atoms with Gasteiger partial charge >= 0.3 is 29.6 Å². The summed E-state index contributed by atoms with van der Waals surface area (Å²) in [4.78, 5) is 12.8. The molecule has 9 nitrogen and oxygen atoms in total. The minimum absolute atomic E-state index is 0. The Balaban J connectivity index is 0.00000300. The Morgan fingerprint density at radius 3 is 2.31 bits per heavy atom. The number of hydrogen-bond acceptors (Lipinski definition) is 9. The Morgan fingerprint density at radius 1 is 1.03 bits per heavy atom. The average Bonchev–Trinajstić information content (AvgIpc) is 2.68. The first-order chi connectivity index (χ1) is 13.4. The molecule has 0 aliphatic carbocycles. The smallest absolute Gasteiger partial charge is 0.740 e. The van der Waals surface area contributed by atoms with Crippen LogP contribution in [0.25, 0.3) is 22.3 Å². The molecule has 0 saturated carbocycles. The summed E-state index contributed by atoms with van der Waals surface area (Å²) >= 11 is -3.05. The van der Waals surface area contributed by atoms with E-state index in [9.17, 15) is 18.7 Å². The molecule has 0 fully saturated rings. The van der Waals surface area contributed by atoms with Crippen LogP contribution in [0.1, 0.15) is 0 Å². The zero-order valence-electron chi connectivity index (χ0n) is 16.0. The van der Waals surface area contributed by atoms with Crippen molar-refractivity contribution < 1.29 is 66.2 Å². The first-order valence-corrected chi connectivity index (χ1v) is 8.77. The topological polar surface area (TPSA) is 127 Å². The summed E-state index contributed by atoms with van der Waals surface area (Å²) in [5.41, 5.74) is -0.592. The maximum atomic E-state index is 12.8. The van der Waals surface area contributed by atoms with Gasteiger partial charge in [-0.25, -0.2) is 4.21 Å². The minimum atomic E-state index is -3.05. The van der Waals surface area contributed by atoms with Crippen LogP contribution < -0.4 is 53.4 Å². The van der Waals surface area contributed by atoms with Gasteiger partial charge in [-0.3, -0.25) is 4.79 Å². The third-order valence-corrected chi connectivity index (χ3v) is 4.24. The van der Waals surface area contributed by atoms with Crippen molar-refractivity contribution in [3.8, 4) is 40.1 Å². The maximum absolute atomic E-state index is 12.8. The number of rotatable bonds is 6. The minimum Gasteiger partial charge on any atom is -0.740 e. The Morgan fingerprint density at radius 2 is 1.72 bits per heavy atom. The summed E-state index contributed by atoms with van der Waals surface area (Å²) in [6.45, 7) is 0. The molecular formula is C18H15NaO9S. The quantitative estimate of drug-likeness (QED) is 0.402. The summed E-state index contributed by atoms with van der Waals surface area (Å²) in [5.74, 6) is -0.228.